The van der Waals surface area contributed by atoms with E-state index in [-0.39, 0.29) is 16.7 Å². The average Bonchev–Trinajstić information content (AvgIpc) is 3.00. The lowest BCUT2D eigenvalue weighted by molar-refractivity contribution is -0.144. The molecular weight excluding hydrogens is 395 g/mol. The molecule has 0 aliphatic rings. The molecule has 0 N–H and O–H groups in total. The van der Waals surface area contributed by atoms with Gasteiger partial charge in [0.2, 0.25) is 0 Å². The molecule has 0 saturated carbocycles. The predicted molar refractivity (Wildman–Crippen MR) is 85.5 cm³/mol. The third kappa shape index (κ3) is 3.68. The van der Waals surface area contributed by atoms with Gasteiger partial charge in [0.25, 0.3) is 5.82 Å². The standard InChI is InChI=1S/C14H9ClF3N5O2S/c1-26(24,25)11-7-6-10(20-21-11)23-12(8-2-4-9(15)5-3-8)19-13(22-23)14(16,17)18/h2-7H,1H3. The average molecular weight is 404 g/mol. The van der Waals surface area contributed by atoms with Gasteiger partial charge in [-0.15, -0.1) is 15.3 Å². The van der Waals surface area contributed by atoms with Crippen LogP contribution in [-0.2, 0) is 16.0 Å². The number of rotatable bonds is 3. The molecule has 26 heavy (non-hydrogen) atoms. The molecule has 0 amide bonds. The quantitative estimate of drug-likeness (QED) is 0.668. The summed E-state index contributed by atoms with van der Waals surface area (Å²) in [5.74, 6) is -1.63. The van der Waals surface area contributed by atoms with Gasteiger partial charge < -0.3 is 0 Å². The number of nitrogens with zero attached hydrogens (tertiary/aromatic N) is 5. The summed E-state index contributed by atoms with van der Waals surface area (Å²) >= 11 is 5.79. The fourth-order valence-corrected chi connectivity index (χ4v) is 2.63. The SMILES string of the molecule is CS(=O)(=O)c1ccc(-n2nc(C(F)(F)F)nc2-c2ccc(Cl)cc2)nn1. The van der Waals surface area contributed by atoms with Crippen LogP contribution in [0, 0.1) is 0 Å². The van der Waals surface area contributed by atoms with E-state index in [1.807, 2.05) is 0 Å². The second kappa shape index (κ2) is 6.32. The fraction of sp³-hybridized carbons (Fsp3) is 0.143. The van der Waals surface area contributed by atoms with E-state index >= 15 is 0 Å². The van der Waals surface area contributed by atoms with Crippen molar-refractivity contribution in [2.75, 3.05) is 6.26 Å². The highest BCUT2D eigenvalue weighted by Gasteiger charge is 2.37. The Morgan fingerprint density at radius 2 is 1.69 bits per heavy atom. The number of hydrogen-bond acceptors (Lipinski definition) is 6. The molecule has 0 atom stereocenters. The maximum absolute atomic E-state index is 13.0. The minimum absolute atomic E-state index is 0.120. The first-order valence-corrected chi connectivity index (χ1v) is 9.17. The molecule has 2 aromatic heterocycles. The molecule has 0 aliphatic heterocycles. The maximum Gasteiger partial charge on any atom is 0.453 e. The van der Waals surface area contributed by atoms with E-state index in [0.717, 1.165) is 17.0 Å². The second-order valence-electron chi connectivity index (χ2n) is 5.18. The molecule has 1 aromatic carbocycles. The number of benzene rings is 1. The highest BCUT2D eigenvalue weighted by atomic mass is 35.5. The third-order valence-corrected chi connectivity index (χ3v) is 4.42. The fourth-order valence-electron chi connectivity index (χ4n) is 2.00. The number of halogens is 4. The van der Waals surface area contributed by atoms with Crippen molar-refractivity contribution in [3.63, 3.8) is 0 Å². The van der Waals surface area contributed by atoms with Crippen LogP contribution in [0.4, 0.5) is 13.2 Å². The molecule has 0 unspecified atom stereocenters. The van der Waals surface area contributed by atoms with Gasteiger partial charge in [-0.3, -0.25) is 0 Å². The van der Waals surface area contributed by atoms with Gasteiger partial charge in [0.15, 0.2) is 26.5 Å². The molecule has 3 aromatic rings. The van der Waals surface area contributed by atoms with Crippen LogP contribution in [0.25, 0.3) is 17.2 Å². The molecule has 0 bridgehead atoms. The lowest BCUT2D eigenvalue weighted by Gasteiger charge is -2.05. The van der Waals surface area contributed by atoms with E-state index in [9.17, 15) is 21.6 Å². The molecule has 2 heterocycles. The Bertz CT molecular complexity index is 1050. The predicted octanol–water partition coefficient (Wildman–Crippen LogP) is 2.80. The van der Waals surface area contributed by atoms with Crippen LogP contribution in [-0.4, -0.2) is 39.6 Å². The Labute approximate surface area is 150 Å². The zero-order valence-corrected chi connectivity index (χ0v) is 14.5. The Balaban J connectivity index is 2.16. The van der Waals surface area contributed by atoms with E-state index in [1.54, 1.807) is 0 Å². The molecule has 0 radical (unpaired) electrons. The molecule has 0 saturated heterocycles. The molecule has 0 fully saturated rings. The van der Waals surface area contributed by atoms with Crippen molar-refractivity contribution in [2.24, 2.45) is 0 Å². The summed E-state index contributed by atoms with van der Waals surface area (Å²) in [6.07, 6.45) is -3.83. The van der Waals surface area contributed by atoms with E-state index < -0.39 is 21.8 Å². The minimum Gasteiger partial charge on any atom is -0.222 e. The Morgan fingerprint density at radius 3 is 2.19 bits per heavy atom. The molecule has 0 spiro atoms. The van der Waals surface area contributed by atoms with Gasteiger partial charge in [-0.1, -0.05) is 11.6 Å². The highest BCUT2D eigenvalue weighted by Crippen LogP contribution is 2.30. The largest absolute Gasteiger partial charge is 0.453 e. The van der Waals surface area contributed by atoms with Crippen LogP contribution in [0.1, 0.15) is 5.82 Å². The maximum atomic E-state index is 13.0. The molecule has 7 nitrogen and oxygen atoms in total. The first-order valence-electron chi connectivity index (χ1n) is 6.90. The third-order valence-electron chi connectivity index (χ3n) is 3.19. The van der Waals surface area contributed by atoms with E-state index in [1.165, 1.54) is 30.3 Å². The van der Waals surface area contributed by atoms with Gasteiger partial charge in [-0.25, -0.2) is 13.4 Å². The van der Waals surface area contributed by atoms with Crippen molar-refractivity contribution in [3.05, 3.63) is 47.2 Å². The van der Waals surface area contributed by atoms with E-state index in [4.69, 9.17) is 11.6 Å². The topological polar surface area (TPSA) is 90.6 Å². The number of sulfone groups is 1. The van der Waals surface area contributed by atoms with Crippen LogP contribution in [0.2, 0.25) is 5.02 Å². The highest BCUT2D eigenvalue weighted by molar-refractivity contribution is 7.90. The monoisotopic (exact) mass is 403 g/mol. The molecular formula is C14H9ClF3N5O2S. The summed E-state index contributed by atoms with van der Waals surface area (Å²) in [5.41, 5.74) is 0.311. The molecule has 12 heteroatoms. The van der Waals surface area contributed by atoms with Crippen molar-refractivity contribution in [2.45, 2.75) is 11.2 Å². The molecule has 136 valence electrons. The van der Waals surface area contributed by atoms with Crippen molar-refractivity contribution in [3.8, 4) is 17.2 Å². The summed E-state index contributed by atoms with van der Waals surface area (Å²) < 4.78 is 62.8. The van der Waals surface area contributed by atoms with E-state index in [0.29, 0.717) is 10.6 Å². The zero-order valence-electron chi connectivity index (χ0n) is 12.9. The van der Waals surface area contributed by atoms with Crippen LogP contribution >= 0.6 is 11.6 Å². The van der Waals surface area contributed by atoms with Gasteiger partial charge in [-0.05, 0) is 36.4 Å². The summed E-state index contributed by atoms with van der Waals surface area (Å²) in [6.45, 7) is 0. The number of aromatic nitrogens is 5. The van der Waals surface area contributed by atoms with Gasteiger partial charge in [0.1, 0.15) is 0 Å². The normalized spacial score (nSPS) is 12.3. The van der Waals surface area contributed by atoms with Crippen LogP contribution in [0.5, 0.6) is 0 Å². The summed E-state index contributed by atoms with van der Waals surface area (Å²) in [7, 11) is -3.60. The number of alkyl halides is 3. The minimum atomic E-state index is -4.77. The first-order chi connectivity index (χ1) is 12.1. The lowest BCUT2D eigenvalue weighted by atomic mass is 10.2. The van der Waals surface area contributed by atoms with Crippen molar-refractivity contribution < 1.29 is 21.6 Å². The van der Waals surface area contributed by atoms with Crippen LogP contribution in [0.3, 0.4) is 0 Å². The Morgan fingerprint density at radius 1 is 1.04 bits per heavy atom. The lowest BCUT2D eigenvalue weighted by Crippen LogP contribution is -2.10. The summed E-state index contributed by atoms with van der Waals surface area (Å²) in [5, 5.41) is 10.7. The van der Waals surface area contributed by atoms with Crippen molar-refractivity contribution in [1.82, 2.24) is 25.0 Å². The molecule has 0 aliphatic carbocycles. The zero-order chi connectivity index (χ0) is 19.1. The van der Waals surface area contributed by atoms with E-state index in [2.05, 4.69) is 20.3 Å². The second-order valence-corrected chi connectivity index (χ2v) is 7.58. The first kappa shape index (κ1) is 18.3. The Hall–Kier alpha value is -2.53. The number of hydrogen-bond donors (Lipinski definition) is 0. The Kier molecular flexibility index (Phi) is 4.44. The summed E-state index contributed by atoms with van der Waals surface area (Å²) in [4.78, 5) is 3.53. The van der Waals surface area contributed by atoms with Crippen molar-refractivity contribution in [1.29, 1.82) is 0 Å². The molecule has 3 rings (SSSR count). The van der Waals surface area contributed by atoms with Gasteiger partial charge >= 0.3 is 6.18 Å². The summed E-state index contributed by atoms with van der Waals surface area (Å²) in [6, 6.07) is 8.24. The van der Waals surface area contributed by atoms with Crippen LogP contribution < -0.4 is 0 Å². The van der Waals surface area contributed by atoms with Crippen LogP contribution in [0.15, 0.2) is 41.4 Å². The van der Waals surface area contributed by atoms with Crippen molar-refractivity contribution >= 4 is 21.4 Å². The smallest absolute Gasteiger partial charge is 0.222 e. The van der Waals surface area contributed by atoms with Gasteiger partial charge in [0.05, 0.1) is 0 Å². The van der Waals surface area contributed by atoms with Gasteiger partial charge in [-0.2, -0.15) is 17.9 Å². The van der Waals surface area contributed by atoms with Gasteiger partial charge in [0, 0.05) is 16.8 Å².